The van der Waals surface area contributed by atoms with Crippen LogP contribution in [0.3, 0.4) is 0 Å². The highest BCUT2D eigenvalue weighted by Gasteiger charge is 2.16. The maximum absolute atomic E-state index is 14.2. The third-order valence-electron chi connectivity index (χ3n) is 4.06. The number of anilines is 3. The van der Waals surface area contributed by atoms with Gasteiger partial charge >= 0.3 is 0 Å². The summed E-state index contributed by atoms with van der Waals surface area (Å²) >= 11 is 6.00. The summed E-state index contributed by atoms with van der Waals surface area (Å²) in [6, 6.07) is 9.52. The smallest absolute Gasteiger partial charge is 0.132 e. The van der Waals surface area contributed by atoms with E-state index in [9.17, 15) is 9.50 Å². The maximum atomic E-state index is 14.2. The molecular formula is C21H21ClFN5O. The van der Waals surface area contributed by atoms with Crippen LogP contribution in [-0.2, 0) is 0 Å². The molecule has 8 heteroatoms. The molecule has 0 saturated heterocycles. The quantitative estimate of drug-likeness (QED) is 0.415. The van der Waals surface area contributed by atoms with Crippen LogP contribution in [0.2, 0.25) is 5.02 Å². The summed E-state index contributed by atoms with van der Waals surface area (Å²) in [5, 5.41) is 24.4. The van der Waals surface area contributed by atoms with Crippen LogP contribution in [0.1, 0.15) is 19.5 Å². The monoisotopic (exact) mass is 413 g/mol. The summed E-state index contributed by atoms with van der Waals surface area (Å²) in [5.74, 6) is -0.415. The average molecular weight is 414 g/mol. The van der Waals surface area contributed by atoms with Crippen molar-refractivity contribution in [1.82, 2.24) is 9.97 Å². The van der Waals surface area contributed by atoms with Crippen molar-refractivity contribution < 1.29 is 9.50 Å². The molecule has 2 aromatic heterocycles. The van der Waals surface area contributed by atoms with E-state index in [1.807, 2.05) is 0 Å². The molecule has 0 amide bonds. The van der Waals surface area contributed by atoms with Crippen LogP contribution < -0.4 is 10.6 Å². The number of nitrogens with zero attached hydrogens (tertiary/aromatic N) is 2. The van der Waals surface area contributed by atoms with Crippen molar-refractivity contribution in [2.24, 2.45) is 0 Å². The van der Waals surface area contributed by atoms with E-state index < -0.39 is 11.4 Å². The van der Waals surface area contributed by atoms with Gasteiger partial charge < -0.3 is 21.1 Å². The van der Waals surface area contributed by atoms with Gasteiger partial charge in [0.25, 0.3) is 0 Å². The van der Waals surface area contributed by atoms with E-state index in [4.69, 9.17) is 17.0 Å². The zero-order valence-corrected chi connectivity index (χ0v) is 16.8. The SMILES string of the molecule is CC(C)(O)CNc1c(Nc2ccnc(-c3cc(Cl)ccc3F)c2)ccnc1C=N. The van der Waals surface area contributed by atoms with Gasteiger partial charge in [-0.3, -0.25) is 9.97 Å². The van der Waals surface area contributed by atoms with Crippen LogP contribution >= 0.6 is 11.6 Å². The molecule has 1 aromatic carbocycles. The first-order chi connectivity index (χ1) is 13.8. The van der Waals surface area contributed by atoms with E-state index >= 15 is 0 Å². The molecule has 29 heavy (non-hydrogen) atoms. The Morgan fingerprint density at radius 1 is 1.17 bits per heavy atom. The minimum Gasteiger partial charge on any atom is -0.389 e. The average Bonchev–Trinajstić information content (AvgIpc) is 2.68. The van der Waals surface area contributed by atoms with E-state index in [2.05, 4.69) is 20.6 Å². The van der Waals surface area contributed by atoms with Gasteiger partial charge in [-0.15, -0.1) is 0 Å². The summed E-state index contributed by atoms with van der Waals surface area (Å²) in [4.78, 5) is 8.42. The molecule has 0 fully saturated rings. The highest BCUT2D eigenvalue weighted by Crippen LogP contribution is 2.30. The normalized spacial score (nSPS) is 11.2. The number of aromatic nitrogens is 2. The molecule has 0 unspecified atom stereocenters. The van der Waals surface area contributed by atoms with Crippen molar-refractivity contribution in [1.29, 1.82) is 5.41 Å². The molecule has 0 aliphatic heterocycles. The van der Waals surface area contributed by atoms with E-state index in [0.29, 0.717) is 39.0 Å². The second kappa shape index (κ2) is 8.55. The van der Waals surface area contributed by atoms with Crippen LogP contribution in [0.15, 0.2) is 48.8 Å². The Labute approximate surface area is 173 Å². The van der Waals surface area contributed by atoms with Gasteiger partial charge in [-0.2, -0.15) is 0 Å². The number of nitrogens with one attached hydrogen (secondary N) is 3. The molecule has 2 heterocycles. The minimum absolute atomic E-state index is 0.267. The molecule has 0 aliphatic rings. The molecule has 6 nitrogen and oxygen atoms in total. The Morgan fingerprint density at radius 3 is 2.66 bits per heavy atom. The third-order valence-corrected chi connectivity index (χ3v) is 4.29. The highest BCUT2D eigenvalue weighted by molar-refractivity contribution is 6.30. The number of hydrogen-bond acceptors (Lipinski definition) is 6. The number of benzene rings is 1. The number of aliphatic hydroxyl groups is 1. The Balaban J connectivity index is 1.94. The molecule has 150 valence electrons. The standard InChI is InChI=1S/C21H21ClFN5O/c1-21(2,29)12-27-20-17(6-8-26-19(20)11-24)28-14-5-7-25-18(10-14)15-9-13(22)3-4-16(15)23/h3-11,24,27,29H,12H2,1-2H3,(H,25,26,28). The minimum atomic E-state index is -0.944. The van der Waals surface area contributed by atoms with Crippen molar-refractivity contribution in [2.75, 3.05) is 17.2 Å². The summed E-state index contributed by atoms with van der Waals surface area (Å²) in [7, 11) is 0. The third kappa shape index (κ3) is 5.28. The van der Waals surface area contributed by atoms with E-state index in [-0.39, 0.29) is 6.54 Å². The fraction of sp³-hybridized carbons (Fsp3) is 0.190. The van der Waals surface area contributed by atoms with Crippen molar-refractivity contribution in [3.05, 3.63) is 65.3 Å². The van der Waals surface area contributed by atoms with Gasteiger partial charge in [-0.1, -0.05) is 11.6 Å². The Morgan fingerprint density at radius 2 is 1.93 bits per heavy atom. The second-order valence-electron chi connectivity index (χ2n) is 7.11. The largest absolute Gasteiger partial charge is 0.389 e. The first kappa shape index (κ1) is 20.7. The van der Waals surface area contributed by atoms with E-state index in [1.165, 1.54) is 18.2 Å². The lowest BCUT2D eigenvalue weighted by atomic mass is 10.1. The van der Waals surface area contributed by atoms with Crippen molar-refractivity contribution in [3.8, 4) is 11.3 Å². The fourth-order valence-corrected chi connectivity index (χ4v) is 2.86. The second-order valence-corrected chi connectivity index (χ2v) is 7.54. The van der Waals surface area contributed by atoms with Crippen molar-refractivity contribution in [2.45, 2.75) is 19.4 Å². The lowest BCUT2D eigenvalue weighted by Gasteiger charge is -2.21. The fourth-order valence-electron chi connectivity index (χ4n) is 2.69. The Kier molecular flexibility index (Phi) is 6.10. The van der Waals surface area contributed by atoms with Crippen LogP contribution in [0.5, 0.6) is 0 Å². The Hall–Kier alpha value is -3.03. The number of rotatable bonds is 7. The van der Waals surface area contributed by atoms with Crippen LogP contribution in [0.25, 0.3) is 11.3 Å². The number of pyridine rings is 2. The summed E-state index contributed by atoms with van der Waals surface area (Å²) in [5.41, 5.74) is 2.12. The van der Waals surface area contributed by atoms with Crippen molar-refractivity contribution in [3.63, 3.8) is 0 Å². The van der Waals surface area contributed by atoms with Gasteiger partial charge in [0.2, 0.25) is 0 Å². The molecule has 0 aliphatic carbocycles. The topological polar surface area (TPSA) is 93.9 Å². The zero-order chi connectivity index (χ0) is 21.0. The van der Waals surface area contributed by atoms with Gasteiger partial charge in [-0.05, 0) is 50.2 Å². The Bertz CT molecular complexity index is 1040. The first-order valence-corrected chi connectivity index (χ1v) is 9.29. The predicted octanol–water partition coefficient (Wildman–Crippen LogP) is 4.86. The molecule has 0 radical (unpaired) electrons. The van der Waals surface area contributed by atoms with Gasteiger partial charge in [0.15, 0.2) is 0 Å². The van der Waals surface area contributed by atoms with Crippen LogP contribution in [-0.4, -0.2) is 33.4 Å². The van der Waals surface area contributed by atoms with Gasteiger partial charge in [0.05, 0.1) is 22.7 Å². The molecule has 0 spiro atoms. The zero-order valence-electron chi connectivity index (χ0n) is 16.0. The van der Waals surface area contributed by atoms with Crippen LogP contribution in [0.4, 0.5) is 21.5 Å². The van der Waals surface area contributed by atoms with Crippen molar-refractivity contribution >= 4 is 34.9 Å². The lowest BCUT2D eigenvalue weighted by Crippen LogP contribution is -2.30. The highest BCUT2D eigenvalue weighted by atomic mass is 35.5. The molecule has 0 atom stereocenters. The van der Waals surface area contributed by atoms with Gasteiger partial charge in [0.1, 0.15) is 11.5 Å². The van der Waals surface area contributed by atoms with Crippen LogP contribution in [0, 0.1) is 11.2 Å². The number of hydrogen-bond donors (Lipinski definition) is 4. The molecule has 0 bridgehead atoms. The maximum Gasteiger partial charge on any atom is 0.132 e. The molecule has 0 saturated carbocycles. The molecular weight excluding hydrogens is 393 g/mol. The predicted molar refractivity (Wildman–Crippen MR) is 115 cm³/mol. The van der Waals surface area contributed by atoms with Gasteiger partial charge in [0, 0.05) is 41.4 Å². The summed E-state index contributed by atoms with van der Waals surface area (Å²) < 4.78 is 14.2. The number of halogens is 2. The summed E-state index contributed by atoms with van der Waals surface area (Å²) in [6.07, 6.45) is 4.29. The van der Waals surface area contributed by atoms with E-state index in [0.717, 1.165) is 6.21 Å². The lowest BCUT2D eigenvalue weighted by molar-refractivity contribution is 0.0945. The van der Waals surface area contributed by atoms with Gasteiger partial charge in [-0.25, -0.2) is 4.39 Å². The summed E-state index contributed by atoms with van der Waals surface area (Å²) in [6.45, 7) is 3.63. The molecule has 3 aromatic rings. The molecule has 3 rings (SSSR count). The van der Waals surface area contributed by atoms with E-state index in [1.54, 1.807) is 44.4 Å². The molecule has 4 N–H and O–H groups in total. The first-order valence-electron chi connectivity index (χ1n) is 8.91.